The molecule has 0 atom stereocenters. The third-order valence-corrected chi connectivity index (χ3v) is 8.13. The molecule has 0 saturated carbocycles. The summed E-state index contributed by atoms with van der Waals surface area (Å²) in [6.45, 7) is 9.44. The van der Waals surface area contributed by atoms with Gasteiger partial charge in [-0.3, -0.25) is 0 Å². The molecule has 204 valence electrons. The minimum absolute atomic E-state index is 0.297. The van der Waals surface area contributed by atoms with Gasteiger partial charge in [0.1, 0.15) is 11.4 Å². The smallest absolute Gasteiger partial charge is 0.410 e. The van der Waals surface area contributed by atoms with E-state index in [0.29, 0.717) is 41.9 Å². The van der Waals surface area contributed by atoms with Crippen molar-refractivity contribution in [1.82, 2.24) is 10.2 Å². The Hall–Kier alpha value is -2.53. The average Bonchev–Trinajstić information content (AvgIpc) is 3.20. The van der Waals surface area contributed by atoms with Crippen molar-refractivity contribution in [2.24, 2.45) is 0 Å². The highest BCUT2D eigenvalue weighted by Gasteiger charge is 2.41. The Morgan fingerprint density at radius 3 is 2.21 bits per heavy atom. The summed E-state index contributed by atoms with van der Waals surface area (Å²) in [4.78, 5) is 13.7. The number of nitriles is 1. The first-order valence-corrected chi connectivity index (χ1v) is 13.8. The molecule has 2 saturated heterocycles. The van der Waals surface area contributed by atoms with Crippen molar-refractivity contribution in [3.8, 4) is 6.07 Å². The Labute approximate surface area is 234 Å². The van der Waals surface area contributed by atoms with E-state index >= 15 is 0 Å². The van der Waals surface area contributed by atoms with Gasteiger partial charge in [-0.25, -0.2) is 9.18 Å². The zero-order valence-electron chi connectivity index (χ0n) is 22.2. The summed E-state index contributed by atoms with van der Waals surface area (Å²) in [6.07, 6.45) is 2.78. The number of nitrogens with zero attached hydrogens (tertiary/aromatic N) is 2. The van der Waals surface area contributed by atoms with Gasteiger partial charge in [0.05, 0.1) is 11.5 Å². The lowest BCUT2D eigenvalue weighted by molar-refractivity contribution is 0.0184. The van der Waals surface area contributed by atoms with Crippen LogP contribution in [0.5, 0.6) is 0 Å². The largest absolute Gasteiger partial charge is 0.444 e. The number of amides is 1. The summed E-state index contributed by atoms with van der Waals surface area (Å²) in [5.41, 5.74) is 1.91. The monoisotopic (exact) mass is 560 g/mol. The zero-order chi connectivity index (χ0) is 27.6. The highest BCUT2D eigenvalue weighted by Crippen LogP contribution is 2.43. The van der Waals surface area contributed by atoms with Gasteiger partial charge in [-0.15, -0.1) is 0 Å². The quantitative estimate of drug-likeness (QED) is 0.407. The third-order valence-electron chi connectivity index (χ3n) is 7.66. The van der Waals surface area contributed by atoms with Crippen molar-refractivity contribution < 1.29 is 13.9 Å². The zero-order valence-corrected chi connectivity index (χ0v) is 23.7. The summed E-state index contributed by atoms with van der Waals surface area (Å²) in [5.74, 6) is -0.482. The minimum Gasteiger partial charge on any atom is -0.444 e. The first-order chi connectivity index (χ1) is 18.0. The van der Waals surface area contributed by atoms with Crippen molar-refractivity contribution in [2.45, 2.75) is 62.9 Å². The van der Waals surface area contributed by atoms with E-state index in [1.165, 1.54) is 30.2 Å². The fraction of sp³-hybridized carbons (Fsp3) is 0.517. The van der Waals surface area contributed by atoms with Gasteiger partial charge in [0.25, 0.3) is 0 Å². The molecule has 38 heavy (non-hydrogen) atoms. The van der Waals surface area contributed by atoms with Crippen LogP contribution in [0, 0.1) is 17.1 Å². The Morgan fingerprint density at radius 1 is 1.03 bits per heavy atom. The second-order valence-corrected chi connectivity index (χ2v) is 12.2. The molecule has 0 aromatic heterocycles. The van der Waals surface area contributed by atoms with Crippen LogP contribution in [0.25, 0.3) is 0 Å². The molecule has 2 fully saturated rings. The van der Waals surface area contributed by atoms with Crippen LogP contribution in [0.15, 0.2) is 36.4 Å². The number of hydrogen-bond acceptors (Lipinski definition) is 5. The van der Waals surface area contributed by atoms with Crippen molar-refractivity contribution in [3.63, 3.8) is 0 Å². The number of carbonyl (C=O) groups is 1. The van der Waals surface area contributed by atoms with Gasteiger partial charge in [0.15, 0.2) is 0 Å². The molecule has 9 heteroatoms. The maximum atomic E-state index is 14.2. The number of halogens is 3. The van der Waals surface area contributed by atoms with Gasteiger partial charge in [-0.1, -0.05) is 35.3 Å². The molecular formula is C29H35Cl2FN4O2. The molecule has 2 N–H and O–H groups in total. The number of benzene rings is 2. The lowest BCUT2D eigenvalue weighted by Gasteiger charge is -2.38. The molecule has 1 spiro atoms. The Kier molecular flexibility index (Phi) is 8.46. The molecule has 0 bridgehead atoms. The van der Waals surface area contributed by atoms with Crippen LogP contribution in [0.4, 0.5) is 14.9 Å². The highest BCUT2D eigenvalue weighted by molar-refractivity contribution is 6.31. The fourth-order valence-electron chi connectivity index (χ4n) is 5.55. The van der Waals surface area contributed by atoms with Gasteiger partial charge in [0, 0.05) is 46.3 Å². The first-order valence-electron chi connectivity index (χ1n) is 13.1. The van der Waals surface area contributed by atoms with E-state index in [-0.39, 0.29) is 0 Å². The molecule has 3 aliphatic rings. The third kappa shape index (κ3) is 6.20. The Bertz CT molecular complexity index is 1210. The number of anilines is 1. The van der Waals surface area contributed by atoms with Crippen LogP contribution < -0.4 is 10.6 Å². The van der Waals surface area contributed by atoms with Gasteiger partial charge in [0.2, 0.25) is 0 Å². The molecule has 0 unspecified atom stereocenters. The molecule has 3 aliphatic heterocycles. The van der Waals surface area contributed by atoms with Crippen molar-refractivity contribution in [1.29, 1.82) is 5.26 Å². The Morgan fingerprint density at radius 2 is 1.63 bits per heavy atom. The lowest BCUT2D eigenvalue weighted by atomic mass is 9.74. The van der Waals surface area contributed by atoms with E-state index in [0.717, 1.165) is 24.7 Å². The van der Waals surface area contributed by atoms with Gasteiger partial charge in [-0.2, -0.15) is 5.26 Å². The van der Waals surface area contributed by atoms with E-state index in [9.17, 15) is 14.4 Å². The minimum atomic E-state index is -0.937. The number of hydrogen-bond donors (Lipinski definition) is 2. The van der Waals surface area contributed by atoms with Gasteiger partial charge >= 0.3 is 6.09 Å². The van der Waals surface area contributed by atoms with Crippen LogP contribution in [0.2, 0.25) is 10.0 Å². The van der Waals surface area contributed by atoms with Crippen LogP contribution in [-0.2, 0) is 15.6 Å². The Balaban J connectivity index is 0.000000192. The van der Waals surface area contributed by atoms with E-state index in [2.05, 4.69) is 22.8 Å². The van der Waals surface area contributed by atoms with Crippen LogP contribution >= 0.6 is 23.2 Å². The standard InChI is InChI=1S/C17H20ClFN2O2.C12H15ClN2/c1-16(2,3)23-15(22)21-8-6-17(11-20,7-9-21)13-5-4-12(18)10-14(13)19;13-9-1-2-10-11(7-9)15-8-12(10)3-5-14-6-4-12/h4-5,10H,6-9H2,1-3H3;1-2,7,14-15H,3-6,8H2. The van der Waals surface area contributed by atoms with Gasteiger partial charge in [-0.05, 0) is 89.4 Å². The first kappa shape index (κ1) is 28.5. The van der Waals surface area contributed by atoms with E-state index < -0.39 is 22.9 Å². The number of carbonyl (C=O) groups excluding carboxylic acids is 1. The van der Waals surface area contributed by atoms with Crippen LogP contribution in [0.1, 0.15) is 57.6 Å². The summed E-state index contributed by atoms with van der Waals surface area (Å²) in [5, 5.41) is 17.7. The molecule has 0 radical (unpaired) electrons. The van der Waals surface area contributed by atoms with Crippen molar-refractivity contribution in [3.05, 3.63) is 63.4 Å². The maximum Gasteiger partial charge on any atom is 0.410 e. The second kappa shape index (κ2) is 11.3. The molecular weight excluding hydrogens is 526 g/mol. The fourth-order valence-corrected chi connectivity index (χ4v) is 5.88. The summed E-state index contributed by atoms with van der Waals surface area (Å²) in [6, 6.07) is 12.9. The van der Waals surface area contributed by atoms with E-state index in [4.69, 9.17) is 27.9 Å². The van der Waals surface area contributed by atoms with Crippen molar-refractivity contribution >= 4 is 35.0 Å². The number of rotatable bonds is 1. The van der Waals surface area contributed by atoms with Crippen LogP contribution in [-0.4, -0.2) is 49.3 Å². The lowest BCUT2D eigenvalue weighted by Crippen LogP contribution is -2.46. The molecule has 1 amide bonds. The summed E-state index contributed by atoms with van der Waals surface area (Å²) in [7, 11) is 0. The van der Waals surface area contributed by atoms with Crippen molar-refractivity contribution in [2.75, 3.05) is 38.0 Å². The number of likely N-dealkylation sites (tertiary alicyclic amines) is 1. The number of piperidine rings is 2. The number of ether oxygens (including phenoxy) is 1. The predicted molar refractivity (Wildman–Crippen MR) is 149 cm³/mol. The molecule has 2 aromatic carbocycles. The maximum absolute atomic E-state index is 14.2. The molecule has 2 aromatic rings. The van der Waals surface area contributed by atoms with Crippen LogP contribution in [0.3, 0.4) is 0 Å². The number of fused-ring (bicyclic) bond motifs is 2. The summed E-state index contributed by atoms with van der Waals surface area (Å²) >= 11 is 11.8. The molecule has 3 heterocycles. The van der Waals surface area contributed by atoms with E-state index in [1.54, 1.807) is 37.8 Å². The topological polar surface area (TPSA) is 77.4 Å². The molecule has 5 rings (SSSR count). The molecule has 0 aliphatic carbocycles. The predicted octanol–water partition coefficient (Wildman–Crippen LogP) is 6.66. The molecule has 6 nitrogen and oxygen atoms in total. The normalized spacial score (nSPS) is 19.4. The highest BCUT2D eigenvalue weighted by atomic mass is 35.5. The average molecular weight is 562 g/mol. The summed E-state index contributed by atoms with van der Waals surface area (Å²) < 4.78 is 19.5. The van der Waals surface area contributed by atoms with Gasteiger partial charge < -0.3 is 20.3 Å². The SMILES string of the molecule is CC(C)(C)OC(=O)N1CCC(C#N)(c2ccc(Cl)cc2F)CC1.Clc1ccc2c(c1)NCC21CCNCC1. The van der Waals surface area contributed by atoms with E-state index in [1.807, 2.05) is 12.1 Å². The second-order valence-electron chi connectivity index (χ2n) is 11.4. The number of nitrogens with one attached hydrogen (secondary N) is 2.